The fourth-order valence-corrected chi connectivity index (χ4v) is 4.58. The van der Waals surface area contributed by atoms with Crippen LogP contribution in [0.5, 0.6) is 0 Å². The normalized spacial score (nSPS) is 19.2. The summed E-state index contributed by atoms with van der Waals surface area (Å²) in [4.78, 5) is 0.281. The average molecular weight is 364 g/mol. The van der Waals surface area contributed by atoms with E-state index in [1.54, 1.807) is 10.9 Å². The van der Waals surface area contributed by atoms with Crippen molar-refractivity contribution in [3.63, 3.8) is 0 Å². The Balaban J connectivity index is 1.55. The van der Waals surface area contributed by atoms with E-state index in [9.17, 15) is 8.42 Å². The molecule has 4 rings (SSSR count). The number of piperidine rings is 1. The lowest BCUT2D eigenvalue weighted by Crippen LogP contribution is -2.26. The lowest BCUT2D eigenvalue weighted by atomic mass is 9.95. The Morgan fingerprint density at radius 2 is 2.00 bits per heavy atom. The lowest BCUT2D eigenvalue weighted by molar-refractivity contribution is 0.453. The molecule has 0 atom stereocenters. The number of aromatic nitrogens is 4. The molecule has 136 valence electrons. The fraction of sp³-hybridized carbons (Fsp3) is 0.625. The summed E-state index contributed by atoms with van der Waals surface area (Å²) in [5.74, 6) is 1.01. The predicted octanol–water partition coefficient (Wildman–Crippen LogP) is 1.77. The Labute approximate surface area is 147 Å². The first-order chi connectivity index (χ1) is 12.1. The van der Waals surface area contributed by atoms with Crippen molar-refractivity contribution in [2.24, 2.45) is 0 Å². The number of sulfonamides is 1. The molecule has 3 heterocycles. The van der Waals surface area contributed by atoms with Gasteiger partial charge >= 0.3 is 0 Å². The second-order valence-electron chi connectivity index (χ2n) is 6.85. The summed E-state index contributed by atoms with van der Waals surface area (Å²) in [6.45, 7) is 4.56. The molecule has 1 aliphatic heterocycles. The molecular formula is C16H24N6O2S. The molecule has 0 unspecified atom stereocenters. The first-order valence-electron chi connectivity index (χ1n) is 8.93. The topological polar surface area (TPSA) is 105 Å². The highest BCUT2D eigenvalue weighted by molar-refractivity contribution is 7.92. The Morgan fingerprint density at radius 3 is 2.68 bits per heavy atom. The van der Waals surface area contributed by atoms with Crippen LogP contribution in [0.1, 0.15) is 55.8 Å². The SMILES string of the molecule is CCn1cc(S(=O)(=O)Nc2cc(C3CCNCC3)[nH]n2)c(C2CC2)n1. The van der Waals surface area contributed by atoms with Crippen molar-refractivity contribution < 1.29 is 8.42 Å². The molecule has 25 heavy (non-hydrogen) atoms. The van der Waals surface area contributed by atoms with Gasteiger partial charge in [0.25, 0.3) is 10.0 Å². The van der Waals surface area contributed by atoms with Gasteiger partial charge in [0.1, 0.15) is 4.90 Å². The monoisotopic (exact) mass is 364 g/mol. The van der Waals surface area contributed by atoms with E-state index in [1.165, 1.54) is 0 Å². The maximum Gasteiger partial charge on any atom is 0.266 e. The highest BCUT2D eigenvalue weighted by Gasteiger charge is 2.34. The molecule has 1 saturated carbocycles. The molecule has 3 N–H and O–H groups in total. The maximum atomic E-state index is 12.8. The summed E-state index contributed by atoms with van der Waals surface area (Å²) >= 11 is 0. The fourth-order valence-electron chi connectivity index (χ4n) is 3.35. The van der Waals surface area contributed by atoms with Gasteiger partial charge in [-0.25, -0.2) is 8.42 Å². The van der Waals surface area contributed by atoms with Crippen molar-refractivity contribution >= 4 is 15.8 Å². The van der Waals surface area contributed by atoms with Crippen LogP contribution in [0.25, 0.3) is 0 Å². The van der Waals surface area contributed by atoms with Gasteiger partial charge in [-0.3, -0.25) is 14.5 Å². The van der Waals surface area contributed by atoms with Crippen molar-refractivity contribution in [3.8, 4) is 0 Å². The molecule has 0 bridgehead atoms. The van der Waals surface area contributed by atoms with E-state index < -0.39 is 10.0 Å². The van der Waals surface area contributed by atoms with Crippen molar-refractivity contribution in [2.45, 2.75) is 55.9 Å². The van der Waals surface area contributed by atoms with Gasteiger partial charge in [0.15, 0.2) is 5.82 Å². The number of hydrogen-bond acceptors (Lipinski definition) is 5. The Morgan fingerprint density at radius 1 is 1.24 bits per heavy atom. The zero-order chi connectivity index (χ0) is 17.4. The summed E-state index contributed by atoms with van der Waals surface area (Å²) in [5.41, 5.74) is 1.68. The maximum absolute atomic E-state index is 12.8. The number of rotatable bonds is 6. The van der Waals surface area contributed by atoms with Crippen LogP contribution in [0.15, 0.2) is 17.2 Å². The number of aryl methyl sites for hydroxylation is 1. The molecule has 9 heteroatoms. The minimum atomic E-state index is -3.68. The zero-order valence-electron chi connectivity index (χ0n) is 14.3. The smallest absolute Gasteiger partial charge is 0.266 e. The Kier molecular flexibility index (Phi) is 4.28. The number of nitrogens with one attached hydrogen (secondary N) is 3. The highest BCUT2D eigenvalue weighted by atomic mass is 32.2. The van der Waals surface area contributed by atoms with Crippen molar-refractivity contribution in [1.29, 1.82) is 0 Å². The molecule has 2 aliphatic rings. The van der Waals surface area contributed by atoms with Gasteiger partial charge in [-0.1, -0.05) is 0 Å². The number of H-pyrrole nitrogens is 1. The van der Waals surface area contributed by atoms with Crippen LogP contribution >= 0.6 is 0 Å². The van der Waals surface area contributed by atoms with Crippen molar-refractivity contribution in [1.82, 2.24) is 25.3 Å². The molecule has 1 aliphatic carbocycles. The Hall–Kier alpha value is -1.87. The molecule has 0 spiro atoms. The van der Waals surface area contributed by atoms with E-state index in [4.69, 9.17) is 0 Å². The first kappa shape index (κ1) is 16.6. The third-order valence-corrected chi connectivity index (χ3v) is 6.32. The minimum Gasteiger partial charge on any atom is -0.317 e. The highest BCUT2D eigenvalue weighted by Crippen LogP contribution is 2.42. The minimum absolute atomic E-state index is 0.267. The van der Waals surface area contributed by atoms with E-state index in [-0.39, 0.29) is 10.8 Å². The zero-order valence-corrected chi connectivity index (χ0v) is 15.1. The van der Waals surface area contributed by atoms with Gasteiger partial charge in [-0.05, 0) is 45.7 Å². The van der Waals surface area contributed by atoms with Crippen molar-refractivity contribution in [3.05, 3.63) is 23.7 Å². The van der Waals surface area contributed by atoms with Crippen LogP contribution in [0.4, 0.5) is 5.82 Å². The van der Waals surface area contributed by atoms with E-state index in [0.717, 1.165) is 44.5 Å². The average Bonchev–Trinajstić information content (AvgIpc) is 3.19. The van der Waals surface area contributed by atoms with E-state index >= 15 is 0 Å². The van der Waals surface area contributed by atoms with Crippen molar-refractivity contribution in [2.75, 3.05) is 17.8 Å². The van der Waals surface area contributed by atoms with Gasteiger partial charge in [0, 0.05) is 36.3 Å². The van der Waals surface area contributed by atoms with Crippen LogP contribution in [0, 0.1) is 0 Å². The van der Waals surface area contributed by atoms with E-state index in [1.807, 2.05) is 13.0 Å². The third kappa shape index (κ3) is 3.43. The van der Waals surface area contributed by atoms with E-state index in [2.05, 4.69) is 25.3 Å². The van der Waals surface area contributed by atoms with Crippen LogP contribution in [0.2, 0.25) is 0 Å². The number of aromatic amines is 1. The molecule has 0 radical (unpaired) electrons. The predicted molar refractivity (Wildman–Crippen MR) is 94.1 cm³/mol. The molecular weight excluding hydrogens is 340 g/mol. The summed E-state index contributed by atoms with van der Waals surface area (Å²) < 4.78 is 30.0. The van der Waals surface area contributed by atoms with Crippen LogP contribution in [-0.2, 0) is 16.6 Å². The summed E-state index contributed by atoms with van der Waals surface area (Å²) in [6.07, 6.45) is 5.69. The number of hydrogen-bond donors (Lipinski definition) is 3. The van der Waals surface area contributed by atoms with Crippen LogP contribution < -0.4 is 10.0 Å². The van der Waals surface area contributed by atoms with Crippen LogP contribution in [0.3, 0.4) is 0 Å². The van der Waals surface area contributed by atoms with Gasteiger partial charge in [0.05, 0.1) is 5.69 Å². The largest absolute Gasteiger partial charge is 0.317 e. The third-order valence-electron chi connectivity index (χ3n) is 4.95. The van der Waals surface area contributed by atoms with Gasteiger partial charge in [-0.2, -0.15) is 10.2 Å². The summed E-state index contributed by atoms with van der Waals surface area (Å²) in [5, 5.41) is 14.9. The summed E-state index contributed by atoms with van der Waals surface area (Å²) in [7, 11) is -3.68. The van der Waals surface area contributed by atoms with Crippen LogP contribution in [-0.4, -0.2) is 41.5 Å². The molecule has 2 aromatic heterocycles. The molecule has 0 aromatic carbocycles. The van der Waals surface area contributed by atoms with E-state index in [0.29, 0.717) is 24.0 Å². The molecule has 0 amide bonds. The standard InChI is InChI=1S/C16H24N6O2S/c1-2-22-10-14(16(20-22)12-3-4-12)25(23,24)21-15-9-13(18-19-15)11-5-7-17-8-6-11/h9-12,17H,2-8H2,1H3,(H2,18,19,21). The molecule has 2 aromatic rings. The molecule has 1 saturated heterocycles. The second-order valence-corrected chi connectivity index (χ2v) is 8.50. The quantitative estimate of drug-likeness (QED) is 0.724. The van der Waals surface area contributed by atoms with Gasteiger partial charge in [-0.15, -0.1) is 0 Å². The Bertz CT molecular complexity index is 846. The molecule has 2 fully saturated rings. The number of anilines is 1. The van der Waals surface area contributed by atoms with Gasteiger partial charge in [0.2, 0.25) is 0 Å². The molecule has 8 nitrogen and oxygen atoms in total. The lowest BCUT2D eigenvalue weighted by Gasteiger charge is -2.20. The summed E-state index contributed by atoms with van der Waals surface area (Å²) in [6, 6.07) is 1.81. The first-order valence-corrected chi connectivity index (χ1v) is 10.4. The second kappa shape index (κ2) is 6.45. The number of nitrogens with zero attached hydrogens (tertiary/aromatic N) is 3. The van der Waals surface area contributed by atoms with Gasteiger partial charge < -0.3 is 5.32 Å².